The predicted octanol–water partition coefficient (Wildman–Crippen LogP) is 2.31. The maximum Gasteiger partial charge on any atom is 0.258 e. The Labute approximate surface area is 135 Å². The summed E-state index contributed by atoms with van der Waals surface area (Å²) in [7, 11) is 0. The minimum Gasteiger partial charge on any atom is -0.351 e. The molecule has 0 aliphatic carbocycles. The molecule has 0 spiro atoms. The Bertz CT molecular complexity index is 743. The van der Waals surface area contributed by atoms with Gasteiger partial charge in [0, 0.05) is 30.9 Å². The van der Waals surface area contributed by atoms with Crippen LogP contribution in [0.5, 0.6) is 0 Å². The lowest BCUT2D eigenvalue weighted by molar-refractivity contribution is -0.119. The predicted molar refractivity (Wildman–Crippen MR) is 88.2 cm³/mol. The van der Waals surface area contributed by atoms with Gasteiger partial charge in [0.25, 0.3) is 5.91 Å². The second-order valence-corrected chi connectivity index (χ2v) is 5.63. The van der Waals surface area contributed by atoms with Crippen molar-refractivity contribution in [2.45, 2.75) is 26.3 Å². The van der Waals surface area contributed by atoms with Gasteiger partial charge in [0.05, 0.1) is 12.2 Å². The maximum absolute atomic E-state index is 12.9. The zero-order valence-corrected chi connectivity index (χ0v) is 13.1. The van der Waals surface area contributed by atoms with Gasteiger partial charge in [0.15, 0.2) is 0 Å². The molecule has 1 aliphatic rings. The molecule has 2 aromatic rings. The summed E-state index contributed by atoms with van der Waals surface area (Å²) < 4.78 is 0. The van der Waals surface area contributed by atoms with E-state index in [0.717, 1.165) is 25.1 Å². The summed E-state index contributed by atoms with van der Waals surface area (Å²) in [6.45, 7) is 2.51. The van der Waals surface area contributed by atoms with Crippen LogP contribution in [0.25, 0.3) is 0 Å². The van der Waals surface area contributed by atoms with E-state index < -0.39 is 0 Å². The number of aromatic nitrogens is 1. The number of para-hydroxylation sites is 1. The number of hydrogen-bond acceptors (Lipinski definition) is 3. The molecule has 0 fully saturated rings. The van der Waals surface area contributed by atoms with Gasteiger partial charge in [0.2, 0.25) is 5.91 Å². The largest absolute Gasteiger partial charge is 0.351 e. The van der Waals surface area contributed by atoms with Crippen LogP contribution in [0.2, 0.25) is 0 Å². The summed E-state index contributed by atoms with van der Waals surface area (Å²) in [4.78, 5) is 29.9. The maximum atomic E-state index is 12.9. The van der Waals surface area contributed by atoms with E-state index in [1.807, 2.05) is 23.1 Å². The van der Waals surface area contributed by atoms with E-state index in [4.69, 9.17) is 0 Å². The molecule has 0 atom stereocenters. The van der Waals surface area contributed by atoms with E-state index in [-0.39, 0.29) is 11.8 Å². The number of amides is 2. The van der Waals surface area contributed by atoms with Crippen molar-refractivity contribution in [1.29, 1.82) is 0 Å². The standard InChI is InChI=1S/C18H19N3O2/c1-13(22)20-12-16-11-15(8-9-19-16)18(23)21-10-4-6-14-5-2-3-7-17(14)21/h2-3,5,7-9,11H,4,6,10,12H2,1H3,(H,20,22). The van der Waals surface area contributed by atoms with Crippen LogP contribution in [-0.4, -0.2) is 23.3 Å². The molecule has 1 N–H and O–H groups in total. The van der Waals surface area contributed by atoms with Gasteiger partial charge in [-0.05, 0) is 36.6 Å². The molecule has 0 saturated carbocycles. The molecule has 1 aromatic carbocycles. The first-order valence-electron chi connectivity index (χ1n) is 7.74. The van der Waals surface area contributed by atoms with E-state index in [1.165, 1.54) is 12.5 Å². The number of nitrogens with one attached hydrogen (secondary N) is 1. The van der Waals surface area contributed by atoms with Crippen molar-refractivity contribution >= 4 is 17.5 Å². The third-order valence-corrected chi connectivity index (χ3v) is 3.94. The van der Waals surface area contributed by atoms with Gasteiger partial charge >= 0.3 is 0 Å². The van der Waals surface area contributed by atoms with Crippen LogP contribution >= 0.6 is 0 Å². The molecule has 3 rings (SSSR count). The lowest BCUT2D eigenvalue weighted by Gasteiger charge is -2.29. The highest BCUT2D eigenvalue weighted by atomic mass is 16.2. The highest BCUT2D eigenvalue weighted by Gasteiger charge is 2.23. The zero-order chi connectivity index (χ0) is 16.2. The van der Waals surface area contributed by atoms with Gasteiger partial charge < -0.3 is 10.2 Å². The van der Waals surface area contributed by atoms with E-state index in [2.05, 4.69) is 16.4 Å². The topological polar surface area (TPSA) is 62.3 Å². The summed E-state index contributed by atoms with van der Waals surface area (Å²) in [5, 5.41) is 2.70. The average molecular weight is 309 g/mol. The first kappa shape index (κ1) is 15.2. The van der Waals surface area contributed by atoms with E-state index in [1.54, 1.807) is 18.3 Å². The monoisotopic (exact) mass is 309 g/mol. The third kappa shape index (κ3) is 3.39. The Balaban J connectivity index is 1.84. The molecule has 5 nitrogen and oxygen atoms in total. The molecule has 0 unspecified atom stereocenters. The minimum absolute atomic E-state index is 0.0244. The number of aryl methyl sites for hydroxylation is 1. The van der Waals surface area contributed by atoms with Crippen LogP contribution in [0.1, 0.15) is 35.0 Å². The first-order valence-corrected chi connectivity index (χ1v) is 7.74. The van der Waals surface area contributed by atoms with Gasteiger partial charge in [-0.3, -0.25) is 14.6 Å². The van der Waals surface area contributed by atoms with Crippen LogP contribution in [0, 0.1) is 0 Å². The highest BCUT2D eigenvalue weighted by Crippen LogP contribution is 2.28. The fourth-order valence-corrected chi connectivity index (χ4v) is 2.82. The van der Waals surface area contributed by atoms with Gasteiger partial charge in [-0.25, -0.2) is 0 Å². The van der Waals surface area contributed by atoms with Crippen molar-refractivity contribution in [1.82, 2.24) is 10.3 Å². The van der Waals surface area contributed by atoms with Crippen molar-refractivity contribution in [2.75, 3.05) is 11.4 Å². The molecule has 5 heteroatoms. The summed E-state index contributed by atoms with van der Waals surface area (Å²) in [5.74, 6) is -0.142. The number of carbonyl (C=O) groups is 2. The zero-order valence-electron chi connectivity index (χ0n) is 13.1. The Morgan fingerprint density at radius 3 is 2.91 bits per heavy atom. The van der Waals surface area contributed by atoms with Crippen LogP contribution in [0.3, 0.4) is 0 Å². The summed E-state index contributed by atoms with van der Waals surface area (Å²) in [6.07, 6.45) is 3.58. The minimum atomic E-state index is -0.117. The number of anilines is 1. The second-order valence-electron chi connectivity index (χ2n) is 5.63. The second kappa shape index (κ2) is 6.60. The summed E-state index contributed by atoms with van der Waals surface area (Å²) in [6, 6.07) is 11.5. The summed E-state index contributed by atoms with van der Waals surface area (Å²) in [5.41, 5.74) is 3.47. The molecular formula is C18H19N3O2. The van der Waals surface area contributed by atoms with Crippen molar-refractivity contribution < 1.29 is 9.59 Å². The van der Waals surface area contributed by atoms with E-state index in [0.29, 0.717) is 17.8 Å². The lowest BCUT2D eigenvalue weighted by atomic mass is 10.0. The Kier molecular flexibility index (Phi) is 4.37. The van der Waals surface area contributed by atoms with E-state index in [9.17, 15) is 9.59 Å². The number of pyridine rings is 1. The van der Waals surface area contributed by atoms with Crippen LogP contribution < -0.4 is 10.2 Å². The lowest BCUT2D eigenvalue weighted by Crippen LogP contribution is -2.35. The van der Waals surface area contributed by atoms with Gasteiger partial charge in [0.1, 0.15) is 0 Å². The molecule has 23 heavy (non-hydrogen) atoms. The Morgan fingerprint density at radius 1 is 1.26 bits per heavy atom. The van der Waals surface area contributed by atoms with Crippen molar-refractivity contribution in [3.63, 3.8) is 0 Å². The van der Waals surface area contributed by atoms with Crippen molar-refractivity contribution in [3.05, 3.63) is 59.4 Å². The molecule has 1 aliphatic heterocycles. The molecule has 2 heterocycles. The average Bonchev–Trinajstić information content (AvgIpc) is 2.59. The fourth-order valence-electron chi connectivity index (χ4n) is 2.82. The molecule has 0 bridgehead atoms. The van der Waals surface area contributed by atoms with E-state index >= 15 is 0 Å². The molecule has 0 radical (unpaired) electrons. The molecular weight excluding hydrogens is 290 g/mol. The van der Waals surface area contributed by atoms with Gasteiger partial charge in [-0.15, -0.1) is 0 Å². The quantitative estimate of drug-likeness (QED) is 0.946. The number of rotatable bonds is 3. The van der Waals surface area contributed by atoms with Crippen LogP contribution in [0.4, 0.5) is 5.69 Å². The first-order chi connectivity index (χ1) is 11.1. The number of hydrogen-bond donors (Lipinski definition) is 1. The molecule has 1 aromatic heterocycles. The highest BCUT2D eigenvalue weighted by molar-refractivity contribution is 6.06. The van der Waals surface area contributed by atoms with Gasteiger partial charge in [-0.2, -0.15) is 0 Å². The van der Waals surface area contributed by atoms with Crippen LogP contribution in [0.15, 0.2) is 42.6 Å². The smallest absolute Gasteiger partial charge is 0.258 e. The fraction of sp³-hybridized carbons (Fsp3) is 0.278. The number of nitrogens with zero attached hydrogens (tertiary/aromatic N) is 2. The molecule has 118 valence electrons. The van der Waals surface area contributed by atoms with Crippen molar-refractivity contribution in [3.8, 4) is 0 Å². The number of carbonyl (C=O) groups excluding carboxylic acids is 2. The SMILES string of the molecule is CC(=O)NCc1cc(C(=O)N2CCCc3ccccc32)ccn1. The summed E-state index contributed by atoms with van der Waals surface area (Å²) >= 11 is 0. The van der Waals surface area contributed by atoms with Gasteiger partial charge in [-0.1, -0.05) is 18.2 Å². The van der Waals surface area contributed by atoms with Crippen molar-refractivity contribution in [2.24, 2.45) is 0 Å². The number of benzene rings is 1. The normalized spacial score (nSPS) is 13.3. The Morgan fingerprint density at radius 2 is 2.09 bits per heavy atom. The van der Waals surface area contributed by atoms with Crippen LogP contribution in [-0.2, 0) is 17.8 Å². The molecule has 0 saturated heterocycles. The number of fused-ring (bicyclic) bond motifs is 1. The Hall–Kier alpha value is -2.69. The molecule has 2 amide bonds. The third-order valence-electron chi connectivity index (χ3n) is 3.94.